The molecule has 0 bridgehead atoms. The van der Waals surface area contributed by atoms with Crippen molar-refractivity contribution in [2.75, 3.05) is 0 Å². The van der Waals surface area contributed by atoms with Crippen LogP contribution >= 0.6 is 15.9 Å². The van der Waals surface area contributed by atoms with Gasteiger partial charge in [-0.25, -0.2) is 0 Å². The highest BCUT2D eigenvalue weighted by Gasteiger charge is 2.80. The highest BCUT2D eigenvalue weighted by atomic mass is 79.9. The van der Waals surface area contributed by atoms with Gasteiger partial charge in [-0.15, -0.1) is 0 Å². The summed E-state index contributed by atoms with van der Waals surface area (Å²) in [5, 5.41) is 0. The van der Waals surface area contributed by atoms with E-state index in [-0.39, 0.29) is 0 Å². The van der Waals surface area contributed by atoms with Crippen molar-refractivity contribution in [3.63, 3.8) is 0 Å². The van der Waals surface area contributed by atoms with E-state index in [0.717, 1.165) is 5.92 Å². The van der Waals surface area contributed by atoms with Gasteiger partial charge >= 0.3 is 0 Å². The zero-order valence-electron chi connectivity index (χ0n) is 15.9. The molecule has 138 valence electrons. The first-order chi connectivity index (χ1) is 13.7. The number of allylic oxidation sites excluding steroid dienone is 1. The molecule has 1 unspecified atom stereocenters. The summed E-state index contributed by atoms with van der Waals surface area (Å²) in [4.78, 5) is 0. The Balaban J connectivity index is 1.53. The van der Waals surface area contributed by atoms with Crippen LogP contribution in [0.25, 0.3) is 5.57 Å². The summed E-state index contributed by atoms with van der Waals surface area (Å²) in [6, 6.07) is 31.3. The van der Waals surface area contributed by atoms with Crippen LogP contribution in [-0.4, -0.2) is 0 Å². The second kappa shape index (κ2) is 5.94. The summed E-state index contributed by atoms with van der Waals surface area (Å²) in [5.74, 6) is 0.869. The maximum atomic E-state index is 3.61. The van der Waals surface area contributed by atoms with Gasteiger partial charge in [0.15, 0.2) is 0 Å². The number of rotatable bonds is 3. The third-order valence-electron chi connectivity index (χ3n) is 7.74. The van der Waals surface area contributed by atoms with Crippen LogP contribution < -0.4 is 0 Å². The first-order valence-electron chi connectivity index (χ1n) is 10.4. The summed E-state index contributed by atoms with van der Waals surface area (Å²) >= 11 is 3.61. The van der Waals surface area contributed by atoms with Crippen molar-refractivity contribution in [1.29, 1.82) is 0 Å². The van der Waals surface area contributed by atoms with Gasteiger partial charge in [0.2, 0.25) is 0 Å². The molecule has 0 aliphatic heterocycles. The summed E-state index contributed by atoms with van der Waals surface area (Å²) in [5.41, 5.74) is 8.30. The molecule has 6 rings (SSSR count). The Morgan fingerprint density at radius 2 is 1.39 bits per heavy atom. The molecule has 0 amide bonds. The SMILES string of the molecule is Brc1ccc([C@]23CC[C@@H]4CC(=C(c5ccccc5)c5ccccc5)C42C3)cc1. The van der Waals surface area contributed by atoms with E-state index >= 15 is 0 Å². The molecule has 3 aliphatic rings. The topological polar surface area (TPSA) is 0 Å². The van der Waals surface area contributed by atoms with Gasteiger partial charge in [-0.3, -0.25) is 0 Å². The number of benzene rings is 3. The molecular weight excluding hydrogens is 404 g/mol. The van der Waals surface area contributed by atoms with Gasteiger partial charge in [0, 0.05) is 15.3 Å². The van der Waals surface area contributed by atoms with Gasteiger partial charge in [0.1, 0.15) is 0 Å². The molecule has 1 heteroatoms. The molecule has 0 radical (unpaired) electrons. The second-order valence-electron chi connectivity index (χ2n) is 8.76. The lowest BCUT2D eigenvalue weighted by Crippen LogP contribution is -2.33. The Morgan fingerprint density at radius 3 is 2.00 bits per heavy atom. The highest BCUT2D eigenvalue weighted by Crippen LogP contribution is 2.86. The highest BCUT2D eigenvalue weighted by molar-refractivity contribution is 9.10. The van der Waals surface area contributed by atoms with Crippen molar-refractivity contribution >= 4 is 21.5 Å². The van der Waals surface area contributed by atoms with Gasteiger partial charge < -0.3 is 0 Å². The van der Waals surface area contributed by atoms with E-state index in [1.54, 1.807) is 11.1 Å². The van der Waals surface area contributed by atoms with Crippen molar-refractivity contribution in [2.24, 2.45) is 11.3 Å². The van der Waals surface area contributed by atoms with Gasteiger partial charge in [-0.1, -0.05) is 94.3 Å². The lowest BCUT2D eigenvalue weighted by Gasteiger charge is -2.42. The third-order valence-corrected chi connectivity index (χ3v) is 8.27. The predicted molar refractivity (Wildman–Crippen MR) is 119 cm³/mol. The Bertz CT molecular complexity index is 1020. The van der Waals surface area contributed by atoms with Crippen molar-refractivity contribution in [3.05, 3.63) is 112 Å². The summed E-state index contributed by atoms with van der Waals surface area (Å²) < 4.78 is 1.18. The molecule has 0 saturated heterocycles. The van der Waals surface area contributed by atoms with Crippen LogP contribution in [0.4, 0.5) is 0 Å². The molecule has 0 N–H and O–H groups in total. The number of halogens is 1. The molecule has 3 saturated carbocycles. The van der Waals surface area contributed by atoms with E-state index in [4.69, 9.17) is 0 Å². The minimum Gasteiger partial charge on any atom is -0.0622 e. The zero-order chi connectivity index (χ0) is 18.8. The summed E-state index contributed by atoms with van der Waals surface area (Å²) in [6.07, 6.45) is 5.35. The Kier molecular flexibility index (Phi) is 3.56. The standard InChI is InChI=1S/C27H23Br/c28-23-13-11-21(12-14-23)26-16-15-22-17-24(27(22,26)18-26)25(19-7-3-1-4-8-19)20-9-5-2-6-10-20/h1-14,22H,15-18H2/t22-,26-,27?/m1/s1. The Morgan fingerprint density at radius 1 is 0.786 bits per heavy atom. The number of hydrogen-bond acceptors (Lipinski definition) is 0. The average molecular weight is 427 g/mol. The fourth-order valence-electron chi connectivity index (χ4n) is 6.48. The first kappa shape index (κ1) is 16.8. The summed E-state index contributed by atoms with van der Waals surface area (Å²) in [7, 11) is 0. The van der Waals surface area contributed by atoms with Crippen molar-refractivity contribution in [2.45, 2.75) is 31.1 Å². The van der Waals surface area contributed by atoms with Crippen molar-refractivity contribution < 1.29 is 0 Å². The van der Waals surface area contributed by atoms with Crippen LogP contribution in [0.5, 0.6) is 0 Å². The second-order valence-corrected chi connectivity index (χ2v) is 9.68. The molecule has 3 aromatic carbocycles. The molecule has 0 nitrogen and oxygen atoms in total. The fraction of sp³-hybridized carbons (Fsp3) is 0.259. The van der Waals surface area contributed by atoms with Crippen molar-refractivity contribution in [3.8, 4) is 0 Å². The smallest absolute Gasteiger partial charge is 0.0175 e. The van der Waals surface area contributed by atoms with Crippen LogP contribution in [0.15, 0.2) is 95.0 Å². The number of hydrogen-bond donors (Lipinski definition) is 0. The molecule has 0 aromatic heterocycles. The lowest BCUT2D eigenvalue weighted by molar-refractivity contribution is 0.265. The average Bonchev–Trinajstić information content (AvgIpc) is 3.39. The first-order valence-corrected chi connectivity index (χ1v) is 11.1. The minimum atomic E-state index is 0.376. The molecule has 28 heavy (non-hydrogen) atoms. The predicted octanol–water partition coefficient (Wildman–Crippen LogP) is 7.39. The lowest BCUT2D eigenvalue weighted by atomic mass is 9.62. The zero-order valence-corrected chi connectivity index (χ0v) is 17.5. The third kappa shape index (κ3) is 2.12. The van der Waals surface area contributed by atoms with Crippen molar-refractivity contribution in [1.82, 2.24) is 0 Å². The van der Waals surface area contributed by atoms with E-state index in [9.17, 15) is 0 Å². The molecule has 1 spiro atoms. The summed E-state index contributed by atoms with van der Waals surface area (Å²) in [6.45, 7) is 0. The monoisotopic (exact) mass is 426 g/mol. The van der Waals surface area contributed by atoms with Crippen LogP contribution in [0, 0.1) is 11.3 Å². The molecule has 3 aliphatic carbocycles. The van der Waals surface area contributed by atoms with Gasteiger partial charge in [0.25, 0.3) is 0 Å². The van der Waals surface area contributed by atoms with Crippen LogP contribution in [-0.2, 0) is 5.41 Å². The fourth-order valence-corrected chi connectivity index (χ4v) is 6.75. The maximum Gasteiger partial charge on any atom is 0.0175 e. The molecule has 3 aromatic rings. The van der Waals surface area contributed by atoms with Crippen LogP contribution in [0.1, 0.15) is 42.4 Å². The largest absolute Gasteiger partial charge is 0.0622 e. The Hall–Kier alpha value is -2.12. The Labute approximate surface area is 175 Å². The van der Waals surface area contributed by atoms with Gasteiger partial charge in [-0.2, -0.15) is 0 Å². The minimum absolute atomic E-state index is 0.376. The molecule has 3 fully saturated rings. The maximum absolute atomic E-state index is 3.61. The quantitative estimate of drug-likeness (QED) is 0.409. The molecule has 0 heterocycles. The van der Waals surface area contributed by atoms with Gasteiger partial charge in [-0.05, 0) is 66.0 Å². The molecular formula is C27H23Br. The normalized spacial score (nSPS) is 29.6. The van der Waals surface area contributed by atoms with Gasteiger partial charge in [0.05, 0.1) is 0 Å². The van der Waals surface area contributed by atoms with Crippen LogP contribution in [0.3, 0.4) is 0 Å². The van der Waals surface area contributed by atoms with E-state index in [2.05, 4.69) is 101 Å². The molecule has 3 atom stereocenters. The van der Waals surface area contributed by atoms with E-state index < -0.39 is 0 Å². The van der Waals surface area contributed by atoms with E-state index in [1.165, 1.54) is 46.9 Å². The van der Waals surface area contributed by atoms with E-state index in [1.807, 2.05) is 0 Å². The van der Waals surface area contributed by atoms with E-state index in [0.29, 0.717) is 10.8 Å². The van der Waals surface area contributed by atoms with Crippen LogP contribution in [0.2, 0.25) is 0 Å².